The lowest BCUT2D eigenvalue weighted by molar-refractivity contribution is 0.593. The summed E-state index contributed by atoms with van der Waals surface area (Å²) in [6.45, 7) is 2.52. The highest BCUT2D eigenvalue weighted by molar-refractivity contribution is 9.10. The second kappa shape index (κ2) is 5.30. The van der Waals surface area contributed by atoms with Crippen LogP contribution in [0.3, 0.4) is 0 Å². The monoisotopic (exact) mass is 347 g/mol. The van der Waals surface area contributed by atoms with E-state index in [0.29, 0.717) is 12.2 Å². The van der Waals surface area contributed by atoms with Crippen LogP contribution in [0.2, 0.25) is 0 Å². The first-order valence-electron chi connectivity index (χ1n) is 5.42. The Morgan fingerprint density at radius 3 is 2.79 bits per heavy atom. The second-order valence-corrected chi connectivity index (χ2v) is 6.30. The molecule has 1 aromatic carbocycles. The van der Waals surface area contributed by atoms with Gasteiger partial charge in [0.25, 0.3) is 10.0 Å². The number of sulfonamides is 1. The molecule has 0 aliphatic rings. The van der Waals surface area contributed by atoms with Crippen molar-refractivity contribution in [3.63, 3.8) is 0 Å². The van der Waals surface area contributed by atoms with E-state index in [-0.39, 0.29) is 9.37 Å². The number of hydrogen-bond acceptors (Lipinski definition) is 3. The molecular weight excluding hydrogens is 337 g/mol. The van der Waals surface area contributed by atoms with E-state index < -0.39 is 15.8 Å². The van der Waals surface area contributed by atoms with Crippen molar-refractivity contribution in [1.29, 1.82) is 0 Å². The predicted octanol–water partition coefficient (Wildman–Crippen LogP) is 2.61. The van der Waals surface area contributed by atoms with Crippen molar-refractivity contribution in [2.75, 3.05) is 4.72 Å². The maximum Gasteiger partial charge on any atom is 0.262 e. The van der Waals surface area contributed by atoms with Crippen LogP contribution in [0, 0.1) is 5.82 Å². The Kier molecular flexibility index (Phi) is 3.91. The average molecular weight is 348 g/mol. The first-order valence-corrected chi connectivity index (χ1v) is 7.70. The summed E-state index contributed by atoms with van der Waals surface area (Å²) >= 11 is 2.97. The highest BCUT2D eigenvalue weighted by Gasteiger charge is 2.16. The van der Waals surface area contributed by atoms with Gasteiger partial charge in [0.1, 0.15) is 5.82 Å². The Labute approximate surface area is 118 Å². The first kappa shape index (κ1) is 14.0. The first-order chi connectivity index (χ1) is 8.92. The van der Waals surface area contributed by atoms with Crippen molar-refractivity contribution in [2.45, 2.75) is 18.4 Å². The van der Waals surface area contributed by atoms with Gasteiger partial charge in [0.2, 0.25) is 0 Å². The van der Waals surface area contributed by atoms with Crippen LogP contribution >= 0.6 is 15.9 Å². The van der Waals surface area contributed by atoms with E-state index in [1.54, 1.807) is 10.9 Å². The molecule has 1 aromatic heterocycles. The van der Waals surface area contributed by atoms with E-state index in [2.05, 4.69) is 25.8 Å². The third kappa shape index (κ3) is 3.13. The normalized spacial score (nSPS) is 11.5. The number of halogens is 2. The molecule has 0 aliphatic carbocycles. The summed E-state index contributed by atoms with van der Waals surface area (Å²) in [5.74, 6) is -0.632. The van der Waals surface area contributed by atoms with E-state index >= 15 is 0 Å². The number of aromatic nitrogens is 2. The largest absolute Gasteiger partial charge is 0.276 e. The van der Waals surface area contributed by atoms with Gasteiger partial charge in [0, 0.05) is 12.7 Å². The average Bonchev–Trinajstić information content (AvgIpc) is 2.79. The molecule has 2 rings (SSSR count). The number of benzene rings is 1. The SMILES string of the molecule is CCn1cc(NS(=O)(=O)c2ccc(Br)c(F)c2)cn1. The van der Waals surface area contributed by atoms with E-state index in [1.165, 1.54) is 18.3 Å². The smallest absolute Gasteiger partial charge is 0.262 e. The van der Waals surface area contributed by atoms with E-state index in [9.17, 15) is 12.8 Å². The number of aryl methyl sites for hydroxylation is 1. The number of rotatable bonds is 4. The van der Waals surface area contributed by atoms with Crippen LogP contribution in [0.4, 0.5) is 10.1 Å². The molecule has 5 nitrogen and oxygen atoms in total. The fourth-order valence-corrected chi connectivity index (χ4v) is 2.73. The minimum atomic E-state index is -3.81. The molecule has 0 saturated heterocycles. The molecule has 0 bridgehead atoms. The Balaban J connectivity index is 2.29. The molecule has 0 fully saturated rings. The van der Waals surface area contributed by atoms with Crippen LogP contribution in [0.15, 0.2) is 40.0 Å². The number of hydrogen-bond donors (Lipinski definition) is 1. The Morgan fingerprint density at radius 1 is 1.47 bits per heavy atom. The number of nitrogens with one attached hydrogen (secondary N) is 1. The molecule has 0 saturated carbocycles. The van der Waals surface area contributed by atoms with Gasteiger partial charge in [0.05, 0.1) is 21.3 Å². The molecule has 1 N–H and O–H groups in total. The van der Waals surface area contributed by atoms with Crippen LogP contribution < -0.4 is 4.72 Å². The van der Waals surface area contributed by atoms with Crippen molar-refractivity contribution in [3.05, 3.63) is 40.9 Å². The van der Waals surface area contributed by atoms with Gasteiger partial charge in [-0.1, -0.05) is 0 Å². The summed E-state index contributed by atoms with van der Waals surface area (Å²) < 4.78 is 41.6. The maximum absolute atomic E-state index is 13.4. The van der Waals surface area contributed by atoms with Gasteiger partial charge >= 0.3 is 0 Å². The molecule has 0 unspecified atom stereocenters. The molecule has 0 aliphatic heterocycles. The highest BCUT2D eigenvalue weighted by Crippen LogP contribution is 2.21. The molecule has 8 heteroatoms. The van der Waals surface area contributed by atoms with Crippen molar-refractivity contribution in [3.8, 4) is 0 Å². The molecule has 19 heavy (non-hydrogen) atoms. The molecule has 0 atom stereocenters. The highest BCUT2D eigenvalue weighted by atomic mass is 79.9. The fourth-order valence-electron chi connectivity index (χ4n) is 1.45. The standard InChI is InChI=1S/C11H11BrFN3O2S/c1-2-16-7-8(6-14-16)15-19(17,18)9-3-4-10(12)11(13)5-9/h3-7,15H,2H2,1H3. The summed E-state index contributed by atoms with van der Waals surface area (Å²) in [6, 6.07) is 3.62. The Bertz CT molecular complexity index is 700. The summed E-state index contributed by atoms with van der Waals surface area (Å²) in [5.41, 5.74) is 0.338. The molecule has 2 aromatic rings. The minimum Gasteiger partial charge on any atom is -0.276 e. The fraction of sp³-hybridized carbons (Fsp3) is 0.182. The van der Waals surface area contributed by atoms with Crippen molar-refractivity contribution in [2.24, 2.45) is 0 Å². The van der Waals surface area contributed by atoms with Crippen LogP contribution in [-0.2, 0) is 16.6 Å². The van der Waals surface area contributed by atoms with E-state index in [1.807, 2.05) is 6.92 Å². The van der Waals surface area contributed by atoms with Crippen LogP contribution in [0.25, 0.3) is 0 Å². The predicted molar refractivity (Wildman–Crippen MR) is 72.8 cm³/mol. The molecule has 1 heterocycles. The summed E-state index contributed by atoms with van der Waals surface area (Å²) in [7, 11) is -3.81. The third-order valence-electron chi connectivity index (χ3n) is 2.41. The summed E-state index contributed by atoms with van der Waals surface area (Å²) in [4.78, 5) is -0.141. The zero-order chi connectivity index (χ0) is 14.0. The maximum atomic E-state index is 13.4. The topological polar surface area (TPSA) is 64.0 Å². The lowest BCUT2D eigenvalue weighted by Gasteiger charge is -2.06. The summed E-state index contributed by atoms with van der Waals surface area (Å²) in [6.07, 6.45) is 2.96. The third-order valence-corrected chi connectivity index (χ3v) is 4.43. The molecule has 102 valence electrons. The van der Waals surface area contributed by atoms with Gasteiger partial charge in [-0.15, -0.1) is 0 Å². The van der Waals surface area contributed by atoms with Crippen molar-refractivity contribution in [1.82, 2.24) is 9.78 Å². The lowest BCUT2D eigenvalue weighted by atomic mass is 10.3. The van der Waals surface area contributed by atoms with Crippen LogP contribution in [-0.4, -0.2) is 18.2 Å². The quantitative estimate of drug-likeness (QED) is 0.924. The Morgan fingerprint density at radius 2 is 2.21 bits per heavy atom. The molecule has 0 radical (unpaired) electrons. The molecular formula is C11H11BrFN3O2S. The van der Waals surface area contributed by atoms with Crippen molar-refractivity contribution < 1.29 is 12.8 Å². The van der Waals surface area contributed by atoms with Gasteiger partial charge < -0.3 is 0 Å². The number of anilines is 1. The zero-order valence-corrected chi connectivity index (χ0v) is 12.4. The molecule has 0 spiro atoms. The van der Waals surface area contributed by atoms with Crippen LogP contribution in [0.5, 0.6) is 0 Å². The van der Waals surface area contributed by atoms with Gasteiger partial charge in [-0.05, 0) is 41.1 Å². The van der Waals surface area contributed by atoms with Gasteiger partial charge in [-0.25, -0.2) is 12.8 Å². The zero-order valence-electron chi connectivity index (χ0n) is 9.97. The van der Waals surface area contributed by atoms with Gasteiger partial charge in [-0.2, -0.15) is 5.10 Å². The number of nitrogens with zero attached hydrogens (tertiary/aromatic N) is 2. The minimum absolute atomic E-state index is 0.141. The van der Waals surface area contributed by atoms with Crippen molar-refractivity contribution >= 4 is 31.6 Å². The Hall–Kier alpha value is -1.41. The summed E-state index contributed by atoms with van der Waals surface area (Å²) in [5, 5.41) is 3.95. The van der Waals surface area contributed by atoms with E-state index in [0.717, 1.165) is 6.07 Å². The van der Waals surface area contributed by atoms with E-state index in [4.69, 9.17) is 0 Å². The van der Waals surface area contributed by atoms with Crippen LogP contribution in [0.1, 0.15) is 6.92 Å². The van der Waals surface area contributed by atoms with Gasteiger partial charge in [0.15, 0.2) is 0 Å². The lowest BCUT2D eigenvalue weighted by Crippen LogP contribution is -2.12. The van der Waals surface area contributed by atoms with Gasteiger partial charge in [-0.3, -0.25) is 9.40 Å². The molecule has 0 amide bonds. The second-order valence-electron chi connectivity index (χ2n) is 3.77.